The van der Waals surface area contributed by atoms with Crippen molar-refractivity contribution in [2.75, 3.05) is 52.4 Å². The van der Waals surface area contributed by atoms with Crippen molar-refractivity contribution in [3.63, 3.8) is 0 Å². The summed E-state index contributed by atoms with van der Waals surface area (Å²) in [6.07, 6.45) is 1.73. The Morgan fingerprint density at radius 1 is 0.773 bits per heavy atom. The number of carbonyl (C=O) groups is 2. The first kappa shape index (κ1) is 15.7. The Bertz CT molecular complexity index is 378. The fourth-order valence-electron chi connectivity index (χ4n) is 4.08. The third-order valence-corrected chi connectivity index (χ3v) is 5.29. The third-order valence-electron chi connectivity index (χ3n) is 5.29. The maximum Gasteiger partial charge on any atom is 0.226 e. The van der Waals surface area contributed by atoms with Gasteiger partial charge >= 0.3 is 0 Å². The second-order valence-corrected chi connectivity index (χ2v) is 6.94. The van der Waals surface area contributed by atoms with E-state index in [0.717, 1.165) is 65.2 Å². The summed E-state index contributed by atoms with van der Waals surface area (Å²) in [5, 5.41) is 6.56. The molecule has 3 aliphatic rings. The summed E-state index contributed by atoms with van der Waals surface area (Å²) in [5.74, 6) is 0.679. The Kier molecular flexibility index (Phi) is 4.98. The number of nitrogens with one attached hydrogen (secondary N) is 2. The number of hydrogen-bond donors (Lipinski definition) is 2. The van der Waals surface area contributed by atoms with Crippen LogP contribution in [0, 0.1) is 17.8 Å². The molecule has 6 heteroatoms. The second-order valence-electron chi connectivity index (χ2n) is 6.94. The highest BCUT2D eigenvalue weighted by atomic mass is 16.2. The number of nitrogens with zero attached hydrogens (tertiary/aromatic N) is 2. The number of rotatable bonds is 2. The quantitative estimate of drug-likeness (QED) is 0.723. The lowest BCUT2D eigenvalue weighted by atomic mass is 9.92. The van der Waals surface area contributed by atoms with E-state index in [4.69, 9.17) is 0 Å². The van der Waals surface area contributed by atoms with Crippen LogP contribution in [0.4, 0.5) is 0 Å². The fraction of sp³-hybridized carbons (Fsp3) is 0.875. The topological polar surface area (TPSA) is 64.7 Å². The molecule has 2 heterocycles. The van der Waals surface area contributed by atoms with Gasteiger partial charge in [-0.1, -0.05) is 6.92 Å². The molecule has 0 aromatic rings. The van der Waals surface area contributed by atoms with Gasteiger partial charge in [0.15, 0.2) is 0 Å². The van der Waals surface area contributed by atoms with Crippen molar-refractivity contribution in [2.45, 2.75) is 19.8 Å². The lowest BCUT2D eigenvalue weighted by Gasteiger charge is -2.34. The van der Waals surface area contributed by atoms with E-state index in [1.807, 2.05) is 9.80 Å². The van der Waals surface area contributed by atoms with Crippen molar-refractivity contribution in [2.24, 2.45) is 17.8 Å². The highest BCUT2D eigenvalue weighted by molar-refractivity contribution is 5.88. The number of piperazine rings is 2. The van der Waals surface area contributed by atoms with Crippen molar-refractivity contribution in [3.8, 4) is 0 Å². The Hall–Kier alpha value is -1.14. The van der Waals surface area contributed by atoms with Crippen LogP contribution < -0.4 is 10.6 Å². The first-order valence-electron chi connectivity index (χ1n) is 8.66. The summed E-state index contributed by atoms with van der Waals surface area (Å²) in [6.45, 7) is 8.74. The van der Waals surface area contributed by atoms with Gasteiger partial charge in [-0.2, -0.15) is 0 Å². The molecule has 0 aromatic heterocycles. The number of carbonyl (C=O) groups excluding carboxylic acids is 2. The van der Waals surface area contributed by atoms with Gasteiger partial charge in [0.05, 0.1) is 0 Å². The van der Waals surface area contributed by atoms with E-state index in [1.54, 1.807) is 0 Å². The van der Waals surface area contributed by atoms with Crippen LogP contribution in [0.25, 0.3) is 0 Å². The largest absolute Gasteiger partial charge is 0.340 e. The molecule has 0 bridgehead atoms. The van der Waals surface area contributed by atoms with Crippen molar-refractivity contribution < 1.29 is 9.59 Å². The minimum Gasteiger partial charge on any atom is -0.340 e. The van der Waals surface area contributed by atoms with Crippen molar-refractivity contribution in [1.29, 1.82) is 0 Å². The van der Waals surface area contributed by atoms with Gasteiger partial charge in [0.1, 0.15) is 0 Å². The zero-order valence-corrected chi connectivity index (χ0v) is 13.5. The van der Waals surface area contributed by atoms with Crippen molar-refractivity contribution >= 4 is 11.8 Å². The molecule has 6 nitrogen and oxygen atoms in total. The predicted molar refractivity (Wildman–Crippen MR) is 84.3 cm³/mol. The average Bonchev–Trinajstić information content (AvgIpc) is 2.97. The molecule has 2 atom stereocenters. The van der Waals surface area contributed by atoms with Gasteiger partial charge in [-0.05, 0) is 18.8 Å². The zero-order valence-electron chi connectivity index (χ0n) is 13.5. The molecule has 0 radical (unpaired) electrons. The molecule has 1 aliphatic carbocycles. The van der Waals surface area contributed by atoms with E-state index < -0.39 is 0 Å². The molecule has 3 fully saturated rings. The fourth-order valence-corrected chi connectivity index (χ4v) is 4.08. The molecule has 0 spiro atoms. The van der Waals surface area contributed by atoms with Crippen LogP contribution in [0.5, 0.6) is 0 Å². The highest BCUT2D eigenvalue weighted by Gasteiger charge is 2.44. The maximum absolute atomic E-state index is 12.9. The van der Waals surface area contributed by atoms with E-state index in [9.17, 15) is 9.59 Å². The summed E-state index contributed by atoms with van der Waals surface area (Å²) in [4.78, 5) is 29.6. The monoisotopic (exact) mass is 308 g/mol. The summed E-state index contributed by atoms with van der Waals surface area (Å²) >= 11 is 0. The van der Waals surface area contributed by atoms with Gasteiger partial charge in [-0.3, -0.25) is 9.59 Å². The maximum atomic E-state index is 12.9. The predicted octanol–water partition coefficient (Wildman–Crippen LogP) is -0.488. The van der Waals surface area contributed by atoms with Gasteiger partial charge in [0.2, 0.25) is 11.8 Å². The van der Waals surface area contributed by atoms with Gasteiger partial charge in [-0.25, -0.2) is 0 Å². The van der Waals surface area contributed by atoms with Crippen LogP contribution in [-0.4, -0.2) is 74.0 Å². The number of amides is 2. The van der Waals surface area contributed by atoms with Crippen LogP contribution in [0.1, 0.15) is 19.8 Å². The molecule has 2 N–H and O–H groups in total. The Labute approximate surface area is 132 Å². The van der Waals surface area contributed by atoms with E-state index in [-0.39, 0.29) is 23.7 Å². The minimum absolute atomic E-state index is 0.101. The van der Waals surface area contributed by atoms with Crippen molar-refractivity contribution in [3.05, 3.63) is 0 Å². The van der Waals surface area contributed by atoms with Gasteiger partial charge in [-0.15, -0.1) is 0 Å². The van der Waals surface area contributed by atoms with Crippen LogP contribution in [-0.2, 0) is 9.59 Å². The average molecular weight is 308 g/mol. The third kappa shape index (κ3) is 3.27. The lowest BCUT2D eigenvalue weighted by Crippen LogP contribution is -2.52. The smallest absolute Gasteiger partial charge is 0.226 e. The summed E-state index contributed by atoms with van der Waals surface area (Å²) in [5.41, 5.74) is 0. The molecule has 22 heavy (non-hydrogen) atoms. The second kappa shape index (κ2) is 6.96. The van der Waals surface area contributed by atoms with Gasteiger partial charge < -0.3 is 20.4 Å². The molecule has 1 saturated carbocycles. The summed E-state index contributed by atoms with van der Waals surface area (Å²) < 4.78 is 0. The molecule has 3 rings (SSSR count). The van der Waals surface area contributed by atoms with Crippen LogP contribution in [0.3, 0.4) is 0 Å². The Morgan fingerprint density at radius 3 is 1.50 bits per heavy atom. The molecule has 2 aliphatic heterocycles. The molecule has 2 amide bonds. The van der Waals surface area contributed by atoms with Gasteiger partial charge in [0, 0.05) is 64.2 Å². The first-order chi connectivity index (χ1) is 10.7. The molecule has 0 aromatic carbocycles. The molecule has 2 unspecified atom stereocenters. The van der Waals surface area contributed by atoms with Crippen LogP contribution >= 0.6 is 0 Å². The molecular weight excluding hydrogens is 280 g/mol. The molecular formula is C16H28N4O2. The lowest BCUT2D eigenvalue weighted by molar-refractivity contribution is -0.145. The Balaban J connectivity index is 1.68. The SMILES string of the molecule is CC1CC(C(=O)N2CCNCC2)C(C(=O)N2CCNCC2)C1. The van der Waals surface area contributed by atoms with E-state index >= 15 is 0 Å². The number of hydrogen-bond acceptors (Lipinski definition) is 4. The first-order valence-corrected chi connectivity index (χ1v) is 8.66. The van der Waals surface area contributed by atoms with E-state index in [0.29, 0.717) is 5.92 Å². The van der Waals surface area contributed by atoms with Crippen LogP contribution in [0.2, 0.25) is 0 Å². The zero-order chi connectivity index (χ0) is 15.5. The standard InChI is InChI=1S/C16H28N4O2/c1-12-10-13(15(21)19-6-2-17-3-7-19)14(11-12)16(22)20-8-4-18-5-9-20/h12-14,17-18H,2-11H2,1H3. The van der Waals surface area contributed by atoms with E-state index in [1.165, 1.54) is 0 Å². The van der Waals surface area contributed by atoms with Crippen LogP contribution in [0.15, 0.2) is 0 Å². The highest BCUT2D eigenvalue weighted by Crippen LogP contribution is 2.38. The summed E-state index contributed by atoms with van der Waals surface area (Å²) in [6, 6.07) is 0. The van der Waals surface area contributed by atoms with Crippen molar-refractivity contribution in [1.82, 2.24) is 20.4 Å². The molecule has 124 valence electrons. The summed E-state index contributed by atoms with van der Waals surface area (Å²) in [7, 11) is 0. The Morgan fingerprint density at radius 2 is 1.14 bits per heavy atom. The minimum atomic E-state index is -0.101. The van der Waals surface area contributed by atoms with E-state index in [2.05, 4.69) is 17.6 Å². The normalized spacial score (nSPS) is 33.0. The molecule has 2 saturated heterocycles. The van der Waals surface area contributed by atoms with Gasteiger partial charge in [0.25, 0.3) is 0 Å².